The third-order valence-electron chi connectivity index (χ3n) is 4.43. The number of anilines is 1. The normalized spacial score (nSPS) is 14.1. The van der Waals surface area contributed by atoms with Crippen LogP contribution in [0.25, 0.3) is 0 Å². The molecular weight excluding hydrogens is 326 g/mol. The van der Waals surface area contributed by atoms with Gasteiger partial charge in [0.1, 0.15) is 12.2 Å². The molecule has 0 unspecified atom stereocenters. The van der Waals surface area contributed by atoms with Crippen molar-refractivity contribution in [3.63, 3.8) is 0 Å². The molecule has 1 aromatic carbocycles. The van der Waals surface area contributed by atoms with Gasteiger partial charge in [0.25, 0.3) is 0 Å². The Bertz CT molecular complexity index is 755. The number of hydrogen-bond donors (Lipinski definition) is 2. The first-order valence-electron chi connectivity index (χ1n) is 9.10. The van der Waals surface area contributed by atoms with Gasteiger partial charge in [-0.3, -0.25) is 4.99 Å². The van der Waals surface area contributed by atoms with E-state index in [4.69, 9.17) is 0 Å². The van der Waals surface area contributed by atoms with Gasteiger partial charge >= 0.3 is 0 Å². The highest BCUT2D eigenvalue weighted by molar-refractivity contribution is 5.79. The SMILES string of the molecule is CCc1nncn1CCNC(=NC)NCc1cccc(N2CC=CC2)c1. The van der Waals surface area contributed by atoms with Crippen LogP contribution in [0.15, 0.2) is 47.7 Å². The molecule has 138 valence electrons. The Kier molecular flexibility index (Phi) is 6.24. The van der Waals surface area contributed by atoms with Gasteiger partial charge in [-0.15, -0.1) is 10.2 Å². The lowest BCUT2D eigenvalue weighted by molar-refractivity contribution is 0.632. The van der Waals surface area contributed by atoms with Crippen LogP contribution in [0.5, 0.6) is 0 Å². The summed E-state index contributed by atoms with van der Waals surface area (Å²) < 4.78 is 2.06. The smallest absolute Gasteiger partial charge is 0.191 e. The van der Waals surface area contributed by atoms with Crippen LogP contribution >= 0.6 is 0 Å². The topological polar surface area (TPSA) is 70.4 Å². The molecule has 2 heterocycles. The van der Waals surface area contributed by atoms with Gasteiger partial charge in [0.15, 0.2) is 5.96 Å². The van der Waals surface area contributed by atoms with Gasteiger partial charge in [0.2, 0.25) is 0 Å². The van der Waals surface area contributed by atoms with Crippen molar-refractivity contribution in [1.82, 2.24) is 25.4 Å². The Hall–Kier alpha value is -2.83. The molecule has 0 saturated heterocycles. The van der Waals surface area contributed by atoms with Crippen LogP contribution in [0.3, 0.4) is 0 Å². The maximum Gasteiger partial charge on any atom is 0.191 e. The number of guanidine groups is 1. The number of nitrogens with zero attached hydrogens (tertiary/aromatic N) is 5. The third-order valence-corrected chi connectivity index (χ3v) is 4.43. The second kappa shape index (κ2) is 9.03. The first kappa shape index (κ1) is 18.0. The highest BCUT2D eigenvalue weighted by Gasteiger charge is 2.08. The minimum absolute atomic E-state index is 0.738. The molecule has 0 radical (unpaired) electrons. The molecule has 2 aromatic rings. The van der Waals surface area contributed by atoms with E-state index in [1.165, 1.54) is 11.3 Å². The average molecular weight is 353 g/mol. The molecule has 1 aliphatic rings. The summed E-state index contributed by atoms with van der Waals surface area (Å²) in [7, 11) is 1.79. The van der Waals surface area contributed by atoms with Crippen molar-refractivity contribution in [3.05, 3.63) is 54.1 Å². The fraction of sp³-hybridized carbons (Fsp3) is 0.421. The van der Waals surface area contributed by atoms with Gasteiger partial charge < -0.3 is 20.1 Å². The van der Waals surface area contributed by atoms with Gasteiger partial charge in [-0.2, -0.15) is 0 Å². The standard InChI is InChI=1S/C19H27N7/c1-3-18-24-23-15-26(18)12-9-21-19(20-2)22-14-16-7-6-8-17(13-16)25-10-4-5-11-25/h4-8,13,15H,3,9-12,14H2,1-2H3,(H2,20,21,22). The Morgan fingerprint density at radius 2 is 2.08 bits per heavy atom. The number of aromatic nitrogens is 3. The monoisotopic (exact) mass is 353 g/mol. The van der Waals surface area contributed by atoms with E-state index in [0.29, 0.717) is 0 Å². The molecule has 7 nitrogen and oxygen atoms in total. The lowest BCUT2D eigenvalue weighted by atomic mass is 10.2. The van der Waals surface area contributed by atoms with Gasteiger partial charge in [0, 0.05) is 51.9 Å². The molecule has 7 heteroatoms. The van der Waals surface area contributed by atoms with Crippen molar-refractivity contribution < 1.29 is 0 Å². The largest absolute Gasteiger partial charge is 0.364 e. The van der Waals surface area contributed by atoms with Gasteiger partial charge in [0.05, 0.1) is 0 Å². The molecule has 2 N–H and O–H groups in total. The highest BCUT2D eigenvalue weighted by atomic mass is 15.3. The Labute approximate surface area is 154 Å². The van der Waals surface area contributed by atoms with Gasteiger partial charge in [-0.25, -0.2) is 0 Å². The number of nitrogens with one attached hydrogen (secondary N) is 2. The maximum absolute atomic E-state index is 4.30. The average Bonchev–Trinajstić information content (AvgIpc) is 3.36. The molecule has 0 fully saturated rings. The van der Waals surface area contributed by atoms with E-state index in [0.717, 1.165) is 50.9 Å². The summed E-state index contributed by atoms with van der Waals surface area (Å²) in [6, 6.07) is 8.64. The van der Waals surface area contributed by atoms with Crippen LogP contribution in [-0.4, -0.2) is 47.4 Å². The van der Waals surface area contributed by atoms with Crippen LogP contribution in [0.4, 0.5) is 5.69 Å². The van der Waals surface area contributed by atoms with E-state index in [2.05, 4.69) is 78.6 Å². The van der Waals surface area contributed by atoms with Crippen molar-refractivity contribution in [2.24, 2.45) is 4.99 Å². The molecule has 3 rings (SSSR count). The van der Waals surface area contributed by atoms with Crippen LogP contribution in [0.2, 0.25) is 0 Å². The minimum Gasteiger partial charge on any atom is -0.364 e. The molecule has 0 bridgehead atoms. The molecule has 26 heavy (non-hydrogen) atoms. The Balaban J connectivity index is 1.47. The molecular formula is C19H27N7. The molecule has 1 aliphatic heterocycles. The molecule has 0 spiro atoms. The fourth-order valence-electron chi connectivity index (χ4n) is 2.99. The minimum atomic E-state index is 0.738. The summed E-state index contributed by atoms with van der Waals surface area (Å²) in [6.45, 7) is 6.38. The quantitative estimate of drug-likeness (QED) is 0.449. The maximum atomic E-state index is 4.30. The lowest BCUT2D eigenvalue weighted by Gasteiger charge is -2.19. The summed E-state index contributed by atoms with van der Waals surface area (Å²) in [5.74, 6) is 1.80. The predicted molar refractivity (Wildman–Crippen MR) is 105 cm³/mol. The number of aryl methyl sites for hydroxylation is 1. The number of rotatable bonds is 7. The zero-order valence-electron chi connectivity index (χ0n) is 15.5. The van der Waals surface area contributed by atoms with E-state index in [-0.39, 0.29) is 0 Å². The van der Waals surface area contributed by atoms with E-state index >= 15 is 0 Å². The Morgan fingerprint density at radius 3 is 2.85 bits per heavy atom. The van der Waals surface area contributed by atoms with Crippen LogP contribution < -0.4 is 15.5 Å². The van der Waals surface area contributed by atoms with Gasteiger partial charge in [-0.1, -0.05) is 31.2 Å². The number of benzene rings is 1. The summed E-state index contributed by atoms with van der Waals surface area (Å²) in [4.78, 5) is 6.65. The zero-order valence-corrected chi connectivity index (χ0v) is 15.5. The lowest BCUT2D eigenvalue weighted by Crippen LogP contribution is -2.38. The van der Waals surface area contributed by atoms with Crippen molar-refractivity contribution in [3.8, 4) is 0 Å². The van der Waals surface area contributed by atoms with Crippen LogP contribution in [0.1, 0.15) is 18.3 Å². The summed E-state index contributed by atoms with van der Waals surface area (Å²) in [6.07, 6.45) is 7.07. The third kappa shape index (κ3) is 4.62. The molecule has 0 saturated carbocycles. The summed E-state index contributed by atoms with van der Waals surface area (Å²) >= 11 is 0. The second-order valence-electron chi connectivity index (χ2n) is 6.19. The zero-order chi connectivity index (χ0) is 18.2. The van der Waals surface area contributed by atoms with Crippen LogP contribution in [-0.2, 0) is 19.5 Å². The first-order valence-corrected chi connectivity index (χ1v) is 9.10. The Morgan fingerprint density at radius 1 is 1.23 bits per heavy atom. The summed E-state index contributed by atoms with van der Waals surface area (Å²) in [5.41, 5.74) is 2.50. The van der Waals surface area contributed by atoms with Crippen molar-refractivity contribution in [2.45, 2.75) is 26.4 Å². The molecule has 0 aliphatic carbocycles. The van der Waals surface area contributed by atoms with Crippen molar-refractivity contribution in [2.75, 3.05) is 31.6 Å². The van der Waals surface area contributed by atoms with Crippen molar-refractivity contribution in [1.29, 1.82) is 0 Å². The highest BCUT2D eigenvalue weighted by Crippen LogP contribution is 2.18. The number of aliphatic imine (C=N–C) groups is 1. The van der Waals surface area contributed by atoms with E-state index in [1.807, 2.05) is 0 Å². The van der Waals surface area contributed by atoms with E-state index < -0.39 is 0 Å². The molecule has 1 aromatic heterocycles. The first-order chi connectivity index (χ1) is 12.8. The van der Waals surface area contributed by atoms with Crippen molar-refractivity contribution >= 4 is 11.6 Å². The predicted octanol–water partition coefficient (Wildman–Crippen LogP) is 1.58. The molecule has 0 atom stereocenters. The fourth-order valence-corrected chi connectivity index (χ4v) is 2.99. The summed E-state index contributed by atoms with van der Waals surface area (Å²) in [5, 5.41) is 14.8. The van der Waals surface area contributed by atoms with E-state index in [1.54, 1.807) is 13.4 Å². The van der Waals surface area contributed by atoms with Gasteiger partial charge in [-0.05, 0) is 17.7 Å². The number of hydrogen-bond acceptors (Lipinski definition) is 4. The van der Waals surface area contributed by atoms with E-state index in [9.17, 15) is 0 Å². The molecule has 0 amide bonds. The van der Waals surface area contributed by atoms with Crippen LogP contribution in [0, 0.1) is 0 Å². The second-order valence-corrected chi connectivity index (χ2v) is 6.19.